The fourth-order valence-electron chi connectivity index (χ4n) is 1.47. The number of nitrogens with one attached hydrogen (secondary N) is 1. The summed E-state index contributed by atoms with van der Waals surface area (Å²) in [6.07, 6.45) is 1.90. The molecule has 4 heteroatoms. The van der Waals surface area contributed by atoms with Crippen molar-refractivity contribution in [3.8, 4) is 0 Å². The third kappa shape index (κ3) is 3.83. The van der Waals surface area contributed by atoms with Crippen LogP contribution in [0.1, 0.15) is 30.1 Å². The summed E-state index contributed by atoms with van der Waals surface area (Å²) in [5.74, 6) is -0.0967. The Bertz CT molecular complexity index is 337. The first-order chi connectivity index (χ1) is 7.67. The van der Waals surface area contributed by atoms with Crippen molar-refractivity contribution < 1.29 is 4.79 Å². The number of amides is 1. The van der Waals surface area contributed by atoms with E-state index in [0.717, 1.165) is 12.8 Å². The highest BCUT2D eigenvalue weighted by Crippen LogP contribution is 2.09. The van der Waals surface area contributed by atoms with Gasteiger partial charge in [0.1, 0.15) is 0 Å². The number of carbonyl (C=O) groups is 1. The molecule has 0 aliphatic rings. The molecular formula is C12H17ClN2O. The van der Waals surface area contributed by atoms with E-state index in [1.807, 2.05) is 0 Å². The number of nitrogens with two attached hydrogens (primary N) is 1. The standard InChI is InChI=1S/C12H17ClN2O/c1-2-3-11(8-14)15-12(16)9-4-6-10(13)7-5-9/h4-7,11H,2-3,8,14H2,1H3,(H,15,16). The number of benzene rings is 1. The van der Waals surface area contributed by atoms with Crippen molar-refractivity contribution >= 4 is 17.5 Å². The molecule has 0 bridgehead atoms. The van der Waals surface area contributed by atoms with E-state index in [4.69, 9.17) is 17.3 Å². The van der Waals surface area contributed by atoms with Gasteiger partial charge in [-0.15, -0.1) is 0 Å². The molecule has 0 aromatic heterocycles. The Balaban J connectivity index is 2.60. The molecule has 3 nitrogen and oxygen atoms in total. The lowest BCUT2D eigenvalue weighted by Crippen LogP contribution is -2.40. The van der Waals surface area contributed by atoms with E-state index < -0.39 is 0 Å². The molecule has 1 aromatic carbocycles. The van der Waals surface area contributed by atoms with Crippen LogP contribution in [-0.4, -0.2) is 18.5 Å². The van der Waals surface area contributed by atoms with Crippen LogP contribution in [0.4, 0.5) is 0 Å². The highest BCUT2D eigenvalue weighted by atomic mass is 35.5. The molecule has 1 atom stereocenters. The van der Waals surface area contributed by atoms with E-state index in [-0.39, 0.29) is 11.9 Å². The van der Waals surface area contributed by atoms with Crippen molar-refractivity contribution in [2.24, 2.45) is 5.73 Å². The second-order valence-corrected chi connectivity index (χ2v) is 4.14. The Labute approximate surface area is 101 Å². The molecule has 1 aromatic rings. The van der Waals surface area contributed by atoms with Crippen LogP contribution in [0.15, 0.2) is 24.3 Å². The van der Waals surface area contributed by atoms with Crippen LogP contribution in [0.3, 0.4) is 0 Å². The number of carbonyl (C=O) groups excluding carboxylic acids is 1. The minimum absolute atomic E-state index is 0.0492. The minimum atomic E-state index is -0.0967. The van der Waals surface area contributed by atoms with Gasteiger partial charge in [0.2, 0.25) is 0 Å². The molecule has 0 heterocycles. The smallest absolute Gasteiger partial charge is 0.251 e. The van der Waals surface area contributed by atoms with Crippen LogP contribution in [-0.2, 0) is 0 Å². The summed E-state index contributed by atoms with van der Waals surface area (Å²) in [5.41, 5.74) is 6.18. The van der Waals surface area contributed by atoms with Crippen molar-refractivity contribution in [1.82, 2.24) is 5.32 Å². The molecule has 0 aliphatic heterocycles. The molecule has 0 saturated carbocycles. The number of hydrogen-bond acceptors (Lipinski definition) is 2. The summed E-state index contributed by atoms with van der Waals surface area (Å²) < 4.78 is 0. The predicted molar refractivity (Wildman–Crippen MR) is 66.7 cm³/mol. The van der Waals surface area contributed by atoms with Gasteiger partial charge < -0.3 is 11.1 Å². The molecule has 3 N–H and O–H groups in total. The lowest BCUT2D eigenvalue weighted by molar-refractivity contribution is 0.0936. The molecule has 88 valence electrons. The van der Waals surface area contributed by atoms with E-state index in [0.29, 0.717) is 17.1 Å². The molecule has 16 heavy (non-hydrogen) atoms. The molecule has 0 fully saturated rings. The quantitative estimate of drug-likeness (QED) is 0.829. The van der Waals surface area contributed by atoms with E-state index in [1.165, 1.54) is 0 Å². The Morgan fingerprint density at radius 2 is 2.06 bits per heavy atom. The predicted octanol–water partition coefficient (Wildman–Crippen LogP) is 2.20. The number of halogens is 1. The maximum atomic E-state index is 11.8. The van der Waals surface area contributed by atoms with E-state index >= 15 is 0 Å². The molecule has 0 spiro atoms. The first-order valence-electron chi connectivity index (χ1n) is 5.44. The molecule has 1 rings (SSSR count). The lowest BCUT2D eigenvalue weighted by Gasteiger charge is -2.15. The zero-order valence-corrected chi connectivity index (χ0v) is 10.1. The summed E-state index contributed by atoms with van der Waals surface area (Å²) in [4.78, 5) is 11.8. The number of rotatable bonds is 5. The SMILES string of the molecule is CCCC(CN)NC(=O)c1ccc(Cl)cc1. The first kappa shape index (κ1) is 13.0. The fourth-order valence-corrected chi connectivity index (χ4v) is 1.59. The molecule has 0 radical (unpaired) electrons. The summed E-state index contributed by atoms with van der Waals surface area (Å²) in [5, 5.41) is 3.52. The molecule has 0 saturated heterocycles. The highest BCUT2D eigenvalue weighted by molar-refractivity contribution is 6.30. The second kappa shape index (κ2) is 6.51. The molecular weight excluding hydrogens is 224 g/mol. The van der Waals surface area contributed by atoms with Gasteiger partial charge >= 0.3 is 0 Å². The van der Waals surface area contributed by atoms with Gasteiger partial charge in [-0.1, -0.05) is 24.9 Å². The summed E-state index contributed by atoms with van der Waals surface area (Å²) >= 11 is 5.75. The Morgan fingerprint density at radius 3 is 2.56 bits per heavy atom. The van der Waals surface area contributed by atoms with E-state index in [9.17, 15) is 4.79 Å². The monoisotopic (exact) mass is 240 g/mol. The van der Waals surface area contributed by atoms with Crippen LogP contribution in [0.5, 0.6) is 0 Å². The van der Waals surface area contributed by atoms with Crippen molar-refractivity contribution in [3.05, 3.63) is 34.9 Å². The van der Waals surface area contributed by atoms with Gasteiger partial charge in [-0.05, 0) is 30.7 Å². The zero-order chi connectivity index (χ0) is 12.0. The average molecular weight is 241 g/mol. The average Bonchev–Trinajstić information content (AvgIpc) is 2.29. The van der Waals surface area contributed by atoms with Crippen molar-refractivity contribution in [1.29, 1.82) is 0 Å². The highest BCUT2D eigenvalue weighted by Gasteiger charge is 2.11. The molecule has 0 aliphatic carbocycles. The van der Waals surface area contributed by atoms with Crippen LogP contribution >= 0.6 is 11.6 Å². The normalized spacial score (nSPS) is 12.2. The van der Waals surface area contributed by atoms with Crippen molar-refractivity contribution in [2.75, 3.05) is 6.54 Å². The maximum Gasteiger partial charge on any atom is 0.251 e. The number of hydrogen-bond donors (Lipinski definition) is 2. The van der Waals surface area contributed by atoms with E-state index in [2.05, 4.69) is 12.2 Å². The minimum Gasteiger partial charge on any atom is -0.348 e. The third-order valence-corrected chi connectivity index (χ3v) is 2.62. The van der Waals surface area contributed by atoms with Crippen LogP contribution < -0.4 is 11.1 Å². The molecule has 1 amide bonds. The first-order valence-corrected chi connectivity index (χ1v) is 5.81. The van der Waals surface area contributed by atoms with Crippen LogP contribution in [0.2, 0.25) is 5.02 Å². The Hall–Kier alpha value is -1.06. The lowest BCUT2D eigenvalue weighted by atomic mass is 10.1. The summed E-state index contributed by atoms with van der Waals surface area (Å²) in [7, 11) is 0. The van der Waals surface area contributed by atoms with Gasteiger partial charge in [0.15, 0.2) is 0 Å². The van der Waals surface area contributed by atoms with Gasteiger partial charge in [-0.25, -0.2) is 0 Å². The topological polar surface area (TPSA) is 55.1 Å². The Kier molecular flexibility index (Phi) is 5.29. The van der Waals surface area contributed by atoms with Crippen LogP contribution in [0, 0.1) is 0 Å². The van der Waals surface area contributed by atoms with Crippen molar-refractivity contribution in [3.63, 3.8) is 0 Å². The Morgan fingerprint density at radius 1 is 1.44 bits per heavy atom. The van der Waals surface area contributed by atoms with Gasteiger partial charge in [0, 0.05) is 23.2 Å². The summed E-state index contributed by atoms with van der Waals surface area (Å²) in [6, 6.07) is 6.86. The van der Waals surface area contributed by atoms with Gasteiger partial charge in [0.05, 0.1) is 0 Å². The second-order valence-electron chi connectivity index (χ2n) is 3.70. The van der Waals surface area contributed by atoms with Gasteiger partial charge in [-0.3, -0.25) is 4.79 Å². The largest absolute Gasteiger partial charge is 0.348 e. The van der Waals surface area contributed by atoms with Gasteiger partial charge in [-0.2, -0.15) is 0 Å². The molecule has 1 unspecified atom stereocenters. The van der Waals surface area contributed by atoms with Crippen LogP contribution in [0.25, 0.3) is 0 Å². The zero-order valence-electron chi connectivity index (χ0n) is 9.37. The summed E-state index contributed by atoms with van der Waals surface area (Å²) in [6.45, 7) is 2.53. The third-order valence-electron chi connectivity index (χ3n) is 2.36. The maximum absolute atomic E-state index is 11.8. The van der Waals surface area contributed by atoms with Crippen molar-refractivity contribution in [2.45, 2.75) is 25.8 Å². The van der Waals surface area contributed by atoms with E-state index in [1.54, 1.807) is 24.3 Å². The van der Waals surface area contributed by atoms with Gasteiger partial charge in [0.25, 0.3) is 5.91 Å². The fraction of sp³-hybridized carbons (Fsp3) is 0.417.